The summed E-state index contributed by atoms with van der Waals surface area (Å²) in [6.07, 6.45) is 3.91. The first kappa shape index (κ1) is 21.8. The fourth-order valence-electron chi connectivity index (χ4n) is 4.36. The second kappa shape index (κ2) is 9.43. The van der Waals surface area contributed by atoms with Crippen LogP contribution in [0.1, 0.15) is 51.9 Å². The molecule has 0 saturated heterocycles. The lowest BCUT2D eigenvalue weighted by Crippen LogP contribution is -2.14. The zero-order valence-corrected chi connectivity index (χ0v) is 19.3. The number of Topliss-reactive ketones (excluding diaryl/α,β-unsaturated/α-hetero) is 1. The lowest BCUT2D eigenvalue weighted by Gasteiger charge is -2.09. The Bertz CT molecular complexity index is 1420. The number of nitrogens with zero attached hydrogens (tertiary/aromatic N) is 5. The van der Waals surface area contributed by atoms with Crippen LogP contribution in [0.3, 0.4) is 0 Å². The van der Waals surface area contributed by atoms with E-state index in [1.807, 2.05) is 47.8 Å². The molecule has 0 saturated carbocycles. The molecule has 5 rings (SSSR count). The maximum absolute atomic E-state index is 13.7. The molecule has 3 heterocycles. The highest BCUT2D eigenvalue weighted by atomic mass is 32.1. The third-order valence-corrected chi connectivity index (χ3v) is 7.01. The molecule has 1 aliphatic rings. The summed E-state index contributed by atoms with van der Waals surface area (Å²) in [5.41, 5.74) is 4.38. The number of hydrogen-bond acceptors (Lipinski definition) is 6. The van der Waals surface area contributed by atoms with Gasteiger partial charge in [-0.15, -0.1) is 11.3 Å². The molecule has 0 amide bonds. The number of thiazole rings is 1. The number of benzene rings is 2. The minimum Gasteiger partial charge on any atom is -0.327 e. The Kier molecular flexibility index (Phi) is 6.03. The number of carbonyl (C=O) groups is 1. The predicted molar refractivity (Wildman–Crippen MR) is 130 cm³/mol. The Morgan fingerprint density at radius 1 is 0.971 bits per heavy atom. The molecule has 0 N–H and O–H groups in total. The smallest absolute Gasteiger partial charge is 0.207 e. The third kappa shape index (κ3) is 4.03. The molecule has 0 spiro atoms. The van der Waals surface area contributed by atoms with E-state index >= 15 is 0 Å². The summed E-state index contributed by atoms with van der Waals surface area (Å²) in [5, 5.41) is 21.3. The van der Waals surface area contributed by atoms with E-state index in [9.17, 15) is 10.1 Å². The van der Waals surface area contributed by atoms with Crippen LogP contribution in [-0.2, 0) is 13.0 Å². The van der Waals surface area contributed by atoms with E-state index in [1.54, 1.807) is 12.1 Å². The van der Waals surface area contributed by atoms with Gasteiger partial charge < -0.3 is 4.57 Å². The van der Waals surface area contributed by atoms with Crippen LogP contribution >= 0.6 is 11.3 Å². The standard InChI is InChI=1S/C27H21N5OS/c28-15-18-10-12-19(13-11-18)22-17-34-27(30-22)21(16-29)25(33)24-23-9-5-2-6-14-32(23)26(31-24)20-7-3-1-4-8-20/h1,3-4,7-8,10-13,17,21H,2,5-6,9,14H2. The SMILES string of the molecule is N#Cc1ccc(-c2csc(C(C#N)C(=O)c3nc(-c4ccccc4)n4c3CCCCC4)n2)cc1. The van der Waals surface area contributed by atoms with E-state index < -0.39 is 5.92 Å². The molecule has 1 aliphatic heterocycles. The molecule has 34 heavy (non-hydrogen) atoms. The Labute approximate surface area is 201 Å². The van der Waals surface area contributed by atoms with Crippen molar-refractivity contribution in [2.75, 3.05) is 0 Å². The highest BCUT2D eigenvalue weighted by Crippen LogP contribution is 2.32. The summed E-state index contributed by atoms with van der Waals surface area (Å²) >= 11 is 1.30. The summed E-state index contributed by atoms with van der Waals surface area (Å²) in [6.45, 7) is 0.817. The van der Waals surface area contributed by atoms with Gasteiger partial charge in [0.1, 0.15) is 16.5 Å². The molecule has 6 nitrogen and oxygen atoms in total. The van der Waals surface area contributed by atoms with Crippen LogP contribution < -0.4 is 0 Å². The molecule has 1 atom stereocenters. The molecule has 0 radical (unpaired) electrons. The van der Waals surface area contributed by atoms with Crippen LogP contribution in [-0.4, -0.2) is 20.3 Å². The lowest BCUT2D eigenvalue weighted by atomic mass is 10.0. The van der Waals surface area contributed by atoms with Gasteiger partial charge in [-0.3, -0.25) is 4.79 Å². The zero-order chi connectivity index (χ0) is 23.5. The average molecular weight is 464 g/mol. The molecule has 1 unspecified atom stereocenters. The molecule has 4 aromatic rings. The fraction of sp³-hybridized carbons (Fsp3) is 0.222. The van der Waals surface area contributed by atoms with Crippen molar-refractivity contribution in [2.24, 2.45) is 0 Å². The number of aromatic nitrogens is 3. The lowest BCUT2D eigenvalue weighted by molar-refractivity contribution is 0.0973. The molecule has 0 fully saturated rings. The maximum atomic E-state index is 13.7. The largest absolute Gasteiger partial charge is 0.327 e. The average Bonchev–Trinajstić information content (AvgIpc) is 3.43. The molecule has 0 aliphatic carbocycles. The number of imidazole rings is 1. The number of rotatable bonds is 5. The van der Waals surface area contributed by atoms with E-state index in [-0.39, 0.29) is 5.78 Å². The minimum absolute atomic E-state index is 0.295. The second-order valence-electron chi connectivity index (χ2n) is 8.25. The first-order chi connectivity index (χ1) is 16.7. The maximum Gasteiger partial charge on any atom is 0.207 e. The van der Waals surface area contributed by atoms with Crippen molar-refractivity contribution in [1.29, 1.82) is 10.5 Å². The van der Waals surface area contributed by atoms with Gasteiger partial charge in [-0.25, -0.2) is 9.97 Å². The summed E-state index contributed by atoms with van der Waals surface area (Å²) in [4.78, 5) is 23.1. The quantitative estimate of drug-likeness (QED) is 0.351. The highest BCUT2D eigenvalue weighted by molar-refractivity contribution is 7.10. The van der Waals surface area contributed by atoms with Gasteiger partial charge in [-0.05, 0) is 31.4 Å². The number of nitriles is 2. The second-order valence-corrected chi connectivity index (χ2v) is 9.14. The Morgan fingerprint density at radius 2 is 1.76 bits per heavy atom. The van der Waals surface area contributed by atoms with Crippen LogP contribution in [0.4, 0.5) is 0 Å². The van der Waals surface area contributed by atoms with Gasteiger partial charge in [-0.1, -0.05) is 48.9 Å². The Balaban J connectivity index is 1.51. The normalized spacial score (nSPS) is 13.8. The zero-order valence-electron chi connectivity index (χ0n) is 18.4. The fourth-order valence-corrected chi connectivity index (χ4v) is 5.22. The monoisotopic (exact) mass is 463 g/mol. The summed E-state index contributed by atoms with van der Waals surface area (Å²) in [5.74, 6) is -0.519. The Hall–Kier alpha value is -4.07. The van der Waals surface area contributed by atoms with Crippen molar-refractivity contribution in [1.82, 2.24) is 14.5 Å². The summed E-state index contributed by atoms with van der Waals surface area (Å²) < 4.78 is 2.16. The first-order valence-electron chi connectivity index (χ1n) is 11.2. The molecule has 166 valence electrons. The van der Waals surface area contributed by atoms with Crippen LogP contribution in [0.15, 0.2) is 60.0 Å². The van der Waals surface area contributed by atoms with Crippen LogP contribution in [0.2, 0.25) is 0 Å². The van der Waals surface area contributed by atoms with Crippen LogP contribution in [0.5, 0.6) is 0 Å². The van der Waals surface area contributed by atoms with Crippen molar-refractivity contribution < 1.29 is 4.79 Å². The first-order valence-corrected chi connectivity index (χ1v) is 12.1. The van der Waals surface area contributed by atoms with Gasteiger partial charge in [0.2, 0.25) is 5.78 Å². The summed E-state index contributed by atoms with van der Waals surface area (Å²) in [7, 11) is 0. The van der Waals surface area contributed by atoms with Crippen molar-refractivity contribution in [3.05, 3.63) is 81.9 Å². The van der Waals surface area contributed by atoms with E-state index in [0.29, 0.717) is 22.0 Å². The van der Waals surface area contributed by atoms with E-state index in [4.69, 9.17) is 10.2 Å². The number of hydrogen-bond donors (Lipinski definition) is 0. The van der Waals surface area contributed by atoms with E-state index in [0.717, 1.165) is 54.9 Å². The van der Waals surface area contributed by atoms with Crippen molar-refractivity contribution in [2.45, 2.75) is 38.1 Å². The number of ketones is 1. The number of fused-ring (bicyclic) bond motifs is 1. The molecule has 2 aromatic heterocycles. The molecular weight excluding hydrogens is 442 g/mol. The molecule has 7 heteroatoms. The van der Waals surface area contributed by atoms with Crippen LogP contribution in [0, 0.1) is 22.7 Å². The van der Waals surface area contributed by atoms with Gasteiger partial charge in [-0.2, -0.15) is 10.5 Å². The summed E-state index contributed by atoms with van der Waals surface area (Å²) in [6, 6.07) is 21.3. The number of carbonyl (C=O) groups excluding carboxylic acids is 1. The predicted octanol–water partition coefficient (Wildman–Crippen LogP) is 5.76. The van der Waals surface area contributed by atoms with Crippen LogP contribution in [0.25, 0.3) is 22.6 Å². The van der Waals surface area contributed by atoms with Gasteiger partial charge in [0.05, 0.1) is 23.4 Å². The van der Waals surface area contributed by atoms with Crippen molar-refractivity contribution in [3.8, 4) is 34.8 Å². The van der Waals surface area contributed by atoms with E-state index in [2.05, 4.69) is 21.7 Å². The molecule has 0 bridgehead atoms. The third-order valence-electron chi connectivity index (χ3n) is 6.10. The topological polar surface area (TPSA) is 95.4 Å². The highest BCUT2D eigenvalue weighted by Gasteiger charge is 2.32. The van der Waals surface area contributed by atoms with Gasteiger partial charge >= 0.3 is 0 Å². The van der Waals surface area contributed by atoms with Gasteiger partial charge in [0, 0.05) is 28.7 Å². The van der Waals surface area contributed by atoms with Gasteiger partial charge in [0.15, 0.2) is 5.92 Å². The van der Waals surface area contributed by atoms with Crippen molar-refractivity contribution >= 4 is 17.1 Å². The molecule has 2 aromatic carbocycles. The van der Waals surface area contributed by atoms with E-state index in [1.165, 1.54) is 11.3 Å². The minimum atomic E-state index is -1.01. The Morgan fingerprint density at radius 3 is 2.50 bits per heavy atom. The van der Waals surface area contributed by atoms with Crippen molar-refractivity contribution in [3.63, 3.8) is 0 Å². The van der Waals surface area contributed by atoms with Gasteiger partial charge in [0.25, 0.3) is 0 Å². The molecular formula is C27H21N5OS.